The summed E-state index contributed by atoms with van der Waals surface area (Å²) in [4.78, 5) is 11.9. The molecule has 10 heteroatoms. The Morgan fingerprint density at radius 3 is 2.44 bits per heavy atom. The van der Waals surface area contributed by atoms with Crippen molar-refractivity contribution < 1.29 is 27.4 Å². The number of carbonyl (C=O) groups excluding carboxylic acids is 1. The molecule has 1 N–H and O–H groups in total. The lowest BCUT2D eigenvalue weighted by molar-refractivity contribution is -0.351. The minimum atomic E-state index is -4.59. The summed E-state index contributed by atoms with van der Waals surface area (Å²) in [6.07, 6.45) is -1.10. The molecular formula is C17H23F3N4O3. The van der Waals surface area contributed by atoms with Crippen LogP contribution in [0, 0.1) is 0 Å². The topological polar surface area (TPSA) is 78.3 Å². The molecule has 0 aliphatic heterocycles. The van der Waals surface area contributed by atoms with Gasteiger partial charge in [-0.25, -0.2) is 9.48 Å². The molecule has 0 unspecified atom stereocenters. The third kappa shape index (κ3) is 3.51. The van der Waals surface area contributed by atoms with Crippen molar-refractivity contribution in [2.24, 2.45) is 0 Å². The van der Waals surface area contributed by atoms with E-state index in [9.17, 15) is 18.0 Å². The van der Waals surface area contributed by atoms with Crippen molar-refractivity contribution >= 4 is 6.09 Å². The van der Waals surface area contributed by atoms with E-state index in [1.165, 1.54) is 0 Å². The Kier molecular flexibility index (Phi) is 3.83. The van der Waals surface area contributed by atoms with E-state index in [1.54, 1.807) is 4.68 Å². The fourth-order valence-electron chi connectivity index (χ4n) is 4.42. The summed E-state index contributed by atoms with van der Waals surface area (Å²) in [7, 11) is 0. The lowest BCUT2D eigenvalue weighted by Crippen LogP contribution is -2.79. The van der Waals surface area contributed by atoms with E-state index in [0.29, 0.717) is 18.5 Å². The molecule has 0 saturated heterocycles. The predicted octanol–water partition coefficient (Wildman–Crippen LogP) is 3.22. The molecule has 2 bridgehead atoms. The highest BCUT2D eigenvalue weighted by molar-refractivity contribution is 5.70. The van der Waals surface area contributed by atoms with Gasteiger partial charge in [0.25, 0.3) is 0 Å². The number of carbonyl (C=O) groups is 1. The van der Waals surface area contributed by atoms with Crippen LogP contribution in [-0.4, -0.2) is 44.7 Å². The van der Waals surface area contributed by atoms with Crippen LogP contribution >= 0.6 is 0 Å². The number of amides is 1. The van der Waals surface area contributed by atoms with Crippen LogP contribution in [0.15, 0.2) is 6.20 Å². The zero-order valence-electron chi connectivity index (χ0n) is 15.5. The van der Waals surface area contributed by atoms with Crippen molar-refractivity contribution in [3.8, 4) is 0 Å². The molecule has 4 aliphatic rings. The Hall–Kier alpha value is -1.84. The van der Waals surface area contributed by atoms with E-state index in [0.717, 1.165) is 19.3 Å². The summed E-state index contributed by atoms with van der Waals surface area (Å²) in [6.45, 7) is 5.45. The Morgan fingerprint density at radius 1 is 1.26 bits per heavy atom. The first-order valence-corrected chi connectivity index (χ1v) is 9.06. The smallest absolute Gasteiger partial charge is 0.444 e. The number of hydrogen-bond donors (Lipinski definition) is 1. The van der Waals surface area contributed by atoms with Crippen molar-refractivity contribution in [3.63, 3.8) is 0 Å². The largest absolute Gasteiger partial charge is 0.522 e. The minimum absolute atomic E-state index is 0.0488. The monoisotopic (exact) mass is 388 g/mol. The Labute approximate surface area is 154 Å². The predicted molar refractivity (Wildman–Crippen MR) is 86.9 cm³/mol. The van der Waals surface area contributed by atoms with E-state index in [2.05, 4.69) is 20.4 Å². The number of nitrogens with one attached hydrogen (secondary N) is 1. The first-order chi connectivity index (χ1) is 12.4. The highest BCUT2D eigenvalue weighted by Gasteiger charge is 2.70. The van der Waals surface area contributed by atoms with E-state index < -0.39 is 24.2 Å². The summed E-state index contributed by atoms with van der Waals surface area (Å²) < 4.78 is 47.7. The van der Waals surface area contributed by atoms with Gasteiger partial charge in [0, 0.05) is 12.1 Å². The normalized spacial score (nSPS) is 34.9. The third-order valence-corrected chi connectivity index (χ3v) is 5.58. The van der Waals surface area contributed by atoms with Crippen LogP contribution in [0.1, 0.15) is 64.5 Å². The lowest BCUT2D eigenvalue weighted by Gasteiger charge is -2.69. The molecule has 4 saturated carbocycles. The molecule has 0 spiro atoms. The SMILES string of the molecule is CC(C)(C)OC(=O)NC12CC(n3cc(C4CC(OC(F)(F)F)C4)nn3)(C1)C2. The number of aromatic nitrogens is 3. The summed E-state index contributed by atoms with van der Waals surface area (Å²) in [5.74, 6) is -0.0488. The van der Waals surface area contributed by atoms with Gasteiger partial charge in [0.1, 0.15) is 5.60 Å². The van der Waals surface area contributed by atoms with Crippen molar-refractivity contribution in [2.45, 2.75) is 87.9 Å². The average molecular weight is 388 g/mol. The van der Waals surface area contributed by atoms with Gasteiger partial charge in [0.15, 0.2) is 0 Å². The van der Waals surface area contributed by atoms with Gasteiger partial charge in [0.05, 0.1) is 22.9 Å². The molecule has 1 heterocycles. The fraction of sp³-hybridized carbons (Fsp3) is 0.824. The maximum atomic E-state index is 12.2. The Bertz CT molecular complexity index is 730. The average Bonchev–Trinajstić information content (AvgIpc) is 2.81. The number of alkyl carbamates (subject to hydrolysis) is 1. The van der Waals surface area contributed by atoms with Gasteiger partial charge in [-0.2, -0.15) is 0 Å². The molecule has 5 rings (SSSR count). The summed E-state index contributed by atoms with van der Waals surface area (Å²) >= 11 is 0. The Balaban J connectivity index is 1.28. The maximum Gasteiger partial charge on any atom is 0.522 e. The molecule has 4 aliphatic carbocycles. The van der Waals surface area contributed by atoms with E-state index >= 15 is 0 Å². The number of nitrogens with zero attached hydrogens (tertiary/aromatic N) is 3. The first kappa shape index (κ1) is 18.5. The number of alkyl halides is 3. The van der Waals surface area contributed by atoms with Crippen LogP contribution in [0.4, 0.5) is 18.0 Å². The van der Waals surface area contributed by atoms with Gasteiger partial charge in [-0.15, -0.1) is 18.3 Å². The van der Waals surface area contributed by atoms with Crippen LogP contribution in [0.2, 0.25) is 0 Å². The number of hydrogen-bond acceptors (Lipinski definition) is 5. The maximum absolute atomic E-state index is 12.2. The molecule has 27 heavy (non-hydrogen) atoms. The molecule has 7 nitrogen and oxygen atoms in total. The van der Waals surface area contributed by atoms with Crippen LogP contribution < -0.4 is 5.32 Å². The summed E-state index contributed by atoms with van der Waals surface area (Å²) in [6, 6.07) is 0. The van der Waals surface area contributed by atoms with Gasteiger partial charge in [-0.3, -0.25) is 4.74 Å². The molecule has 1 aromatic heterocycles. The molecule has 0 aromatic carbocycles. The number of rotatable bonds is 4. The second-order valence-corrected chi connectivity index (χ2v) is 9.10. The van der Waals surface area contributed by atoms with Gasteiger partial charge < -0.3 is 10.1 Å². The van der Waals surface area contributed by atoms with Gasteiger partial charge in [-0.05, 0) is 52.9 Å². The van der Waals surface area contributed by atoms with Crippen molar-refractivity contribution in [3.05, 3.63) is 11.9 Å². The lowest BCUT2D eigenvalue weighted by atomic mass is 9.44. The molecule has 1 amide bonds. The number of halogens is 3. The highest BCUT2D eigenvalue weighted by Crippen LogP contribution is 2.65. The number of ether oxygens (including phenoxy) is 2. The van der Waals surface area contributed by atoms with Crippen molar-refractivity contribution in [2.75, 3.05) is 0 Å². The molecule has 0 radical (unpaired) electrons. The van der Waals surface area contributed by atoms with Crippen LogP contribution in [0.5, 0.6) is 0 Å². The van der Waals surface area contributed by atoms with E-state index in [1.807, 2.05) is 27.0 Å². The van der Waals surface area contributed by atoms with E-state index in [-0.39, 0.29) is 17.0 Å². The molecule has 1 aromatic rings. The van der Waals surface area contributed by atoms with E-state index in [4.69, 9.17) is 4.74 Å². The van der Waals surface area contributed by atoms with Crippen LogP contribution in [0.3, 0.4) is 0 Å². The second-order valence-electron chi connectivity index (χ2n) is 9.10. The molecule has 150 valence electrons. The summed E-state index contributed by atoms with van der Waals surface area (Å²) in [5.41, 5.74) is -0.221. The summed E-state index contributed by atoms with van der Waals surface area (Å²) in [5, 5.41) is 11.3. The minimum Gasteiger partial charge on any atom is -0.444 e. The second kappa shape index (κ2) is 5.59. The molecular weight excluding hydrogens is 365 g/mol. The standard InChI is InChI=1S/C17H23F3N4O3/c1-14(2,3)27-13(25)21-15-7-16(8-15,9-15)24-6-12(22-23-24)10-4-11(5-10)26-17(18,19)20/h6,10-11H,4-5,7-9H2,1-3H3,(H,21,25). The first-order valence-electron chi connectivity index (χ1n) is 9.06. The highest BCUT2D eigenvalue weighted by atomic mass is 19.4. The van der Waals surface area contributed by atoms with Gasteiger partial charge >= 0.3 is 12.5 Å². The fourth-order valence-corrected chi connectivity index (χ4v) is 4.42. The molecule has 0 atom stereocenters. The van der Waals surface area contributed by atoms with Crippen LogP contribution in [-0.2, 0) is 15.0 Å². The zero-order chi connectivity index (χ0) is 19.7. The zero-order valence-corrected chi connectivity index (χ0v) is 15.5. The molecule has 4 fully saturated rings. The van der Waals surface area contributed by atoms with Gasteiger partial charge in [0.2, 0.25) is 0 Å². The van der Waals surface area contributed by atoms with Crippen molar-refractivity contribution in [1.29, 1.82) is 0 Å². The van der Waals surface area contributed by atoms with Crippen LogP contribution in [0.25, 0.3) is 0 Å². The van der Waals surface area contributed by atoms with Crippen molar-refractivity contribution in [1.82, 2.24) is 20.3 Å². The quantitative estimate of drug-likeness (QED) is 0.857. The Morgan fingerprint density at radius 2 is 1.89 bits per heavy atom. The van der Waals surface area contributed by atoms with Gasteiger partial charge in [-0.1, -0.05) is 5.21 Å². The third-order valence-electron chi connectivity index (χ3n) is 5.58.